The zero-order valence-corrected chi connectivity index (χ0v) is 17.9. The molecule has 0 radical (unpaired) electrons. The fraction of sp³-hybridized carbons (Fsp3) is 0.160. The largest absolute Gasteiger partial charge is 0.481 e. The van der Waals surface area contributed by atoms with Gasteiger partial charge in [-0.1, -0.05) is 42.5 Å². The Bertz CT molecular complexity index is 1220. The van der Waals surface area contributed by atoms with Gasteiger partial charge in [-0.05, 0) is 29.3 Å². The number of amides is 1. The Kier molecular flexibility index (Phi) is 7.02. The summed E-state index contributed by atoms with van der Waals surface area (Å²) >= 11 is 0. The second kappa shape index (κ2) is 10.5. The first-order valence-corrected chi connectivity index (χ1v) is 10.4. The van der Waals surface area contributed by atoms with Gasteiger partial charge in [-0.15, -0.1) is 0 Å². The minimum atomic E-state index is -1.05. The van der Waals surface area contributed by atoms with Gasteiger partial charge in [0, 0.05) is 24.7 Å². The van der Waals surface area contributed by atoms with Gasteiger partial charge < -0.3 is 24.6 Å². The van der Waals surface area contributed by atoms with Crippen molar-refractivity contribution in [3.8, 4) is 5.88 Å². The van der Waals surface area contributed by atoms with Crippen LogP contribution in [0.2, 0.25) is 0 Å². The number of nitrogens with zero attached hydrogens (tertiary/aromatic N) is 1. The standard InChI is InChI=1S/C25H21FN2O6/c26-20-11-17(12-21(29)30)8-9-18(20)14-28-24(31)19-7-4-10-27-25(19)34-23-15-32-22(33-23)13-16-5-2-1-3-6-16/h1-11,15,22H,12-14H2,(H,28,31)(H,29,30). The van der Waals surface area contributed by atoms with Crippen molar-refractivity contribution in [2.45, 2.75) is 25.7 Å². The van der Waals surface area contributed by atoms with Gasteiger partial charge in [0.25, 0.3) is 5.91 Å². The molecule has 1 aliphatic heterocycles. The lowest BCUT2D eigenvalue weighted by molar-refractivity contribution is -0.136. The second-order valence-electron chi connectivity index (χ2n) is 7.45. The minimum absolute atomic E-state index is 0.00693. The molecule has 1 unspecified atom stereocenters. The van der Waals surface area contributed by atoms with Crippen molar-refractivity contribution < 1.29 is 33.3 Å². The number of carboxylic acids is 1. The molecule has 1 atom stereocenters. The lowest BCUT2D eigenvalue weighted by Gasteiger charge is -2.13. The summed E-state index contributed by atoms with van der Waals surface area (Å²) in [5.74, 6) is -2.12. The molecule has 2 N–H and O–H groups in total. The SMILES string of the molecule is O=C(O)Cc1ccc(CNC(=O)c2cccnc2OC2=COC(Cc3ccccc3)O2)c(F)c1. The van der Waals surface area contributed by atoms with Crippen LogP contribution in [0.25, 0.3) is 0 Å². The Hall–Kier alpha value is -4.40. The molecule has 8 nitrogen and oxygen atoms in total. The third kappa shape index (κ3) is 5.89. The number of ether oxygens (including phenoxy) is 3. The normalized spacial score (nSPS) is 14.5. The van der Waals surface area contributed by atoms with Gasteiger partial charge in [0.2, 0.25) is 12.2 Å². The van der Waals surface area contributed by atoms with Gasteiger partial charge in [-0.2, -0.15) is 0 Å². The highest BCUT2D eigenvalue weighted by atomic mass is 19.1. The van der Waals surface area contributed by atoms with E-state index in [4.69, 9.17) is 19.3 Å². The number of carbonyl (C=O) groups is 2. The van der Waals surface area contributed by atoms with Crippen molar-refractivity contribution in [3.63, 3.8) is 0 Å². The van der Waals surface area contributed by atoms with Crippen LogP contribution in [0.1, 0.15) is 27.0 Å². The smallest absolute Gasteiger partial charge is 0.325 e. The van der Waals surface area contributed by atoms with Crippen molar-refractivity contribution in [1.82, 2.24) is 10.3 Å². The average Bonchev–Trinajstić information content (AvgIpc) is 3.25. The van der Waals surface area contributed by atoms with Crippen LogP contribution in [0.5, 0.6) is 5.88 Å². The maximum absolute atomic E-state index is 14.3. The lowest BCUT2D eigenvalue weighted by Crippen LogP contribution is -2.24. The molecule has 34 heavy (non-hydrogen) atoms. The molecule has 174 valence electrons. The van der Waals surface area contributed by atoms with E-state index in [9.17, 15) is 14.0 Å². The van der Waals surface area contributed by atoms with Crippen molar-refractivity contribution in [1.29, 1.82) is 0 Å². The number of pyridine rings is 1. The third-order valence-corrected chi connectivity index (χ3v) is 4.93. The number of benzene rings is 2. The quantitative estimate of drug-likeness (QED) is 0.499. The molecule has 0 bridgehead atoms. The number of halogens is 1. The van der Waals surface area contributed by atoms with E-state index in [1.165, 1.54) is 30.7 Å². The van der Waals surface area contributed by atoms with Crippen LogP contribution in [0, 0.1) is 5.82 Å². The summed E-state index contributed by atoms with van der Waals surface area (Å²) in [7, 11) is 0. The van der Waals surface area contributed by atoms with Crippen LogP contribution < -0.4 is 10.1 Å². The van der Waals surface area contributed by atoms with Crippen molar-refractivity contribution >= 4 is 11.9 Å². The molecule has 0 saturated heterocycles. The van der Waals surface area contributed by atoms with Crippen LogP contribution in [0.4, 0.5) is 4.39 Å². The van der Waals surface area contributed by atoms with E-state index in [1.807, 2.05) is 30.3 Å². The van der Waals surface area contributed by atoms with E-state index in [0.717, 1.165) is 11.6 Å². The van der Waals surface area contributed by atoms with Gasteiger partial charge in [-0.3, -0.25) is 9.59 Å². The molecule has 2 heterocycles. The summed E-state index contributed by atoms with van der Waals surface area (Å²) in [5.41, 5.74) is 1.71. The first-order chi connectivity index (χ1) is 16.5. The van der Waals surface area contributed by atoms with E-state index in [0.29, 0.717) is 12.0 Å². The summed E-state index contributed by atoms with van der Waals surface area (Å²) in [6.45, 7) is -0.103. The molecule has 2 aromatic carbocycles. The predicted molar refractivity (Wildman–Crippen MR) is 118 cm³/mol. The number of nitrogens with one attached hydrogen (secondary N) is 1. The number of aromatic nitrogens is 1. The highest BCUT2D eigenvalue weighted by Gasteiger charge is 2.24. The van der Waals surface area contributed by atoms with E-state index in [1.54, 1.807) is 6.07 Å². The molecule has 4 rings (SSSR count). The number of carbonyl (C=O) groups excluding carboxylic acids is 1. The first-order valence-electron chi connectivity index (χ1n) is 10.4. The maximum Gasteiger partial charge on any atom is 0.325 e. The fourth-order valence-electron chi connectivity index (χ4n) is 3.29. The predicted octanol–water partition coefficient (Wildman–Crippen LogP) is 3.57. The molecule has 9 heteroatoms. The summed E-state index contributed by atoms with van der Waals surface area (Å²) in [6.07, 6.45) is 2.44. The fourth-order valence-corrected chi connectivity index (χ4v) is 3.29. The van der Waals surface area contributed by atoms with Crippen molar-refractivity contribution in [3.05, 3.63) is 107 Å². The average molecular weight is 464 g/mol. The van der Waals surface area contributed by atoms with Crippen LogP contribution in [0.3, 0.4) is 0 Å². The number of hydrogen-bond acceptors (Lipinski definition) is 6. The zero-order valence-electron chi connectivity index (χ0n) is 17.9. The third-order valence-electron chi connectivity index (χ3n) is 4.93. The number of rotatable bonds is 9. The minimum Gasteiger partial charge on any atom is -0.481 e. The molecule has 0 fully saturated rings. The summed E-state index contributed by atoms with van der Waals surface area (Å²) in [6, 6.07) is 16.8. The Morgan fingerprint density at radius 3 is 2.68 bits per heavy atom. The summed E-state index contributed by atoms with van der Waals surface area (Å²) in [5, 5.41) is 11.4. The van der Waals surface area contributed by atoms with E-state index in [2.05, 4.69) is 10.3 Å². The molecule has 0 aliphatic carbocycles. The van der Waals surface area contributed by atoms with E-state index >= 15 is 0 Å². The molecular weight excluding hydrogens is 443 g/mol. The van der Waals surface area contributed by atoms with Gasteiger partial charge in [0.1, 0.15) is 11.4 Å². The Morgan fingerprint density at radius 2 is 1.91 bits per heavy atom. The number of hydrogen-bond donors (Lipinski definition) is 2. The highest BCUT2D eigenvalue weighted by molar-refractivity contribution is 5.96. The Morgan fingerprint density at radius 1 is 1.09 bits per heavy atom. The highest BCUT2D eigenvalue weighted by Crippen LogP contribution is 2.23. The number of aliphatic carboxylic acids is 1. The van der Waals surface area contributed by atoms with Crippen molar-refractivity contribution in [2.24, 2.45) is 0 Å². The van der Waals surface area contributed by atoms with E-state index in [-0.39, 0.29) is 35.9 Å². The van der Waals surface area contributed by atoms with E-state index < -0.39 is 24.0 Å². The molecule has 0 spiro atoms. The topological polar surface area (TPSA) is 107 Å². The second-order valence-corrected chi connectivity index (χ2v) is 7.45. The van der Waals surface area contributed by atoms with Gasteiger partial charge in [-0.25, -0.2) is 9.37 Å². The Balaban J connectivity index is 1.36. The van der Waals surface area contributed by atoms with Crippen LogP contribution in [-0.4, -0.2) is 28.3 Å². The lowest BCUT2D eigenvalue weighted by atomic mass is 10.1. The van der Waals surface area contributed by atoms with Gasteiger partial charge in [0.15, 0.2) is 6.26 Å². The van der Waals surface area contributed by atoms with Crippen molar-refractivity contribution in [2.75, 3.05) is 0 Å². The summed E-state index contributed by atoms with van der Waals surface area (Å²) < 4.78 is 31.0. The molecule has 3 aromatic rings. The van der Waals surface area contributed by atoms with Gasteiger partial charge >= 0.3 is 11.9 Å². The van der Waals surface area contributed by atoms with Crippen LogP contribution >= 0.6 is 0 Å². The molecule has 1 aliphatic rings. The Labute approximate surface area is 194 Å². The first kappa shape index (κ1) is 22.8. The van der Waals surface area contributed by atoms with Crippen LogP contribution in [-0.2, 0) is 33.7 Å². The number of carboxylic acid groups (broad SMARTS) is 1. The van der Waals surface area contributed by atoms with Gasteiger partial charge in [0.05, 0.1) is 6.42 Å². The molecule has 1 aromatic heterocycles. The molecule has 0 saturated carbocycles. The summed E-state index contributed by atoms with van der Waals surface area (Å²) in [4.78, 5) is 27.6. The van der Waals surface area contributed by atoms with Crippen LogP contribution in [0.15, 0.2) is 79.1 Å². The molecule has 1 amide bonds. The molecular formula is C25H21FN2O6. The monoisotopic (exact) mass is 464 g/mol. The zero-order chi connectivity index (χ0) is 23.9. The maximum atomic E-state index is 14.3.